The molecule has 0 bridgehead atoms. The van der Waals surface area contributed by atoms with Crippen molar-refractivity contribution in [2.75, 3.05) is 50.2 Å². The van der Waals surface area contributed by atoms with Crippen molar-refractivity contribution < 1.29 is 31.9 Å². The highest BCUT2D eigenvalue weighted by Crippen LogP contribution is 2.35. The van der Waals surface area contributed by atoms with Gasteiger partial charge in [-0.1, -0.05) is 0 Å². The van der Waals surface area contributed by atoms with Crippen LogP contribution in [0.25, 0.3) is 11.5 Å². The first-order valence-corrected chi connectivity index (χ1v) is 11.0. The van der Waals surface area contributed by atoms with Gasteiger partial charge < -0.3 is 29.4 Å². The molecule has 0 unspecified atom stereocenters. The Morgan fingerprint density at radius 2 is 1.89 bits per heavy atom. The maximum absolute atomic E-state index is 13.2. The van der Waals surface area contributed by atoms with E-state index in [1.807, 2.05) is 17.0 Å². The molecule has 0 atom stereocenters. The monoisotopic (exact) mass is 490 g/mol. The van der Waals surface area contributed by atoms with E-state index in [4.69, 9.17) is 13.9 Å². The first-order valence-electron chi connectivity index (χ1n) is 11.0. The molecule has 1 saturated heterocycles. The number of halogens is 3. The molecule has 4 rings (SSSR count). The molecule has 35 heavy (non-hydrogen) atoms. The summed E-state index contributed by atoms with van der Waals surface area (Å²) in [4.78, 5) is 18.8. The first kappa shape index (κ1) is 24.4. The highest BCUT2D eigenvalue weighted by atomic mass is 19.4. The average molecular weight is 490 g/mol. The molecule has 8 nitrogen and oxygen atoms in total. The van der Waals surface area contributed by atoms with Gasteiger partial charge in [0.15, 0.2) is 0 Å². The number of amides is 2. The predicted octanol–water partition coefficient (Wildman–Crippen LogP) is 4.57. The molecule has 1 fully saturated rings. The number of nitrogens with one attached hydrogen (secondary N) is 2. The van der Waals surface area contributed by atoms with Crippen LogP contribution in [0.15, 0.2) is 53.1 Å². The lowest BCUT2D eigenvalue weighted by Crippen LogP contribution is -2.37. The highest BCUT2D eigenvalue weighted by Gasteiger charge is 2.32. The molecular formula is C24H25F3N4O4. The van der Waals surface area contributed by atoms with Crippen molar-refractivity contribution >= 4 is 17.4 Å². The van der Waals surface area contributed by atoms with E-state index in [1.165, 1.54) is 12.3 Å². The fourth-order valence-corrected chi connectivity index (χ4v) is 3.65. The summed E-state index contributed by atoms with van der Waals surface area (Å²) in [6.45, 7) is 2.17. The van der Waals surface area contributed by atoms with Crippen molar-refractivity contribution in [1.82, 2.24) is 10.3 Å². The third-order valence-corrected chi connectivity index (χ3v) is 5.48. The van der Waals surface area contributed by atoms with Crippen molar-refractivity contribution in [3.05, 3.63) is 60.0 Å². The standard InChI is InChI=1S/C24H25F3N4O4/c1-33-19-5-2-16(3-6-19)22-29-18(15-35-22)8-9-28-23(32)30-20-14-17(24(25,26)27)4-7-21(20)31-10-12-34-13-11-31/h2-7,14-15H,8-13H2,1H3,(H2,28,30,32). The third-order valence-electron chi connectivity index (χ3n) is 5.48. The lowest BCUT2D eigenvalue weighted by atomic mass is 10.1. The van der Waals surface area contributed by atoms with E-state index in [0.717, 1.165) is 17.7 Å². The predicted molar refractivity (Wildman–Crippen MR) is 124 cm³/mol. The van der Waals surface area contributed by atoms with Gasteiger partial charge in [-0.25, -0.2) is 9.78 Å². The molecule has 0 spiro atoms. The molecule has 1 aromatic heterocycles. The number of aromatic nitrogens is 1. The minimum atomic E-state index is -4.52. The van der Waals surface area contributed by atoms with Gasteiger partial charge in [0.1, 0.15) is 12.0 Å². The lowest BCUT2D eigenvalue weighted by Gasteiger charge is -2.31. The van der Waals surface area contributed by atoms with E-state index in [0.29, 0.717) is 55.7 Å². The van der Waals surface area contributed by atoms with E-state index in [-0.39, 0.29) is 12.2 Å². The fourth-order valence-electron chi connectivity index (χ4n) is 3.65. The summed E-state index contributed by atoms with van der Waals surface area (Å²) in [6, 6.07) is 9.95. The number of anilines is 2. The maximum atomic E-state index is 13.2. The molecule has 2 N–H and O–H groups in total. The molecular weight excluding hydrogens is 465 g/mol. The summed E-state index contributed by atoms with van der Waals surface area (Å²) in [5, 5.41) is 5.22. The Morgan fingerprint density at radius 1 is 1.14 bits per heavy atom. The van der Waals surface area contributed by atoms with Gasteiger partial charge in [-0.3, -0.25) is 0 Å². The minimum Gasteiger partial charge on any atom is -0.497 e. The van der Waals surface area contributed by atoms with Gasteiger partial charge in [0.05, 0.1) is 43.0 Å². The van der Waals surface area contributed by atoms with Crippen molar-refractivity contribution in [2.45, 2.75) is 12.6 Å². The summed E-state index contributed by atoms with van der Waals surface area (Å²) in [6.07, 6.45) is -2.64. The van der Waals surface area contributed by atoms with Gasteiger partial charge in [0, 0.05) is 31.6 Å². The normalized spacial score (nSPS) is 14.0. The first-order chi connectivity index (χ1) is 16.8. The zero-order valence-electron chi connectivity index (χ0n) is 19.0. The smallest absolute Gasteiger partial charge is 0.416 e. The zero-order chi connectivity index (χ0) is 24.8. The Kier molecular flexibility index (Phi) is 7.45. The van der Waals surface area contributed by atoms with Gasteiger partial charge >= 0.3 is 12.2 Å². The number of ether oxygens (including phenoxy) is 2. The summed E-state index contributed by atoms with van der Waals surface area (Å²) >= 11 is 0. The number of carbonyl (C=O) groups excluding carboxylic acids is 1. The summed E-state index contributed by atoms with van der Waals surface area (Å²) < 4.78 is 55.7. The molecule has 2 aromatic carbocycles. The minimum absolute atomic E-state index is 0.0856. The van der Waals surface area contributed by atoms with Crippen molar-refractivity contribution in [2.24, 2.45) is 0 Å². The fraction of sp³-hybridized carbons (Fsp3) is 0.333. The average Bonchev–Trinajstić information content (AvgIpc) is 3.33. The Bertz CT molecular complexity index is 1140. The molecule has 3 aromatic rings. The Balaban J connectivity index is 1.37. The molecule has 0 aliphatic carbocycles. The second kappa shape index (κ2) is 10.7. The highest BCUT2D eigenvalue weighted by molar-refractivity contribution is 5.93. The van der Waals surface area contributed by atoms with Gasteiger partial charge in [-0.15, -0.1) is 0 Å². The van der Waals surface area contributed by atoms with Crippen molar-refractivity contribution in [3.63, 3.8) is 0 Å². The van der Waals surface area contributed by atoms with Gasteiger partial charge in [-0.05, 0) is 42.5 Å². The Morgan fingerprint density at radius 3 is 2.57 bits per heavy atom. The van der Waals surface area contributed by atoms with Crippen LogP contribution >= 0.6 is 0 Å². The van der Waals surface area contributed by atoms with E-state index in [1.54, 1.807) is 19.2 Å². The van der Waals surface area contributed by atoms with Crippen LogP contribution in [0.1, 0.15) is 11.3 Å². The molecule has 11 heteroatoms. The Labute approximate surface area is 200 Å². The maximum Gasteiger partial charge on any atom is 0.416 e. The molecule has 0 radical (unpaired) electrons. The van der Waals surface area contributed by atoms with Crippen LogP contribution in [0.5, 0.6) is 5.75 Å². The molecule has 1 aliphatic rings. The number of carbonyl (C=O) groups is 1. The lowest BCUT2D eigenvalue weighted by molar-refractivity contribution is -0.137. The van der Waals surface area contributed by atoms with Gasteiger partial charge in [-0.2, -0.15) is 13.2 Å². The summed E-state index contributed by atoms with van der Waals surface area (Å²) in [7, 11) is 1.58. The van der Waals surface area contributed by atoms with Crippen molar-refractivity contribution in [1.29, 1.82) is 0 Å². The van der Waals surface area contributed by atoms with Gasteiger partial charge in [0.25, 0.3) is 0 Å². The van der Waals surface area contributed by atoms with Crippen LogP contribution < -0.4 is 20.3 Å². The number of oxazole rings is 1. The number of alkyl halides is 3. The number of benzene rings is 2. The molecule has 0 saturated carbocycles. The SMILES string of the molecule is COc1ccc(-c2nc(CCNC(=O)Nc3cc(C(F)(F)F)ccc3N3CCOCC3)co2)cc1. The zero-order valence-corrected chi connectivity index (χ0v) is 19.0. The third kappa shape index (κ3) is 6.24. The molecule has 2 heterocycles. The van der Waals surface area contributed by atoms with E-state index in [9.17, 15) is 18.0 Å². The number of urea groups is 1. The van der Waals surface area contributed by atoms with Crippen LogP contribution in [0.2, 0.25) is 0 Å². The van der Waals surface area contributed by atoms with E-state index < -0.39 is 17.8 Å². The number of methoxy groups -OCH3 is 1. The van der Waals surface area contributed by atoms with Gasteiger partial charge in [0.2, 0.25) is 5.89 Å². The molecule has 1 aliphatic heterocycles. The largest absolute Gasteiger partial charge is 0.497 e. The van der Waals surface area contributed by atoms with Crippen LogP contribution in [0.4, 0.5) is 29.3 Å². The quantitative estimate of drug-likeness (QED) is 0.505. The number of nitrogens with zero attached hydrogens (tertiary/aromatic N) is 2. The van der Waals surface area contributed by atoms with E-state index >= 15 is 0 Å². The second-order valence-corrected chi connectivity index (χ2v) is 7.83. The number of morpholine rings is 1. The van der Waals surface area contributed by atoms with Crippen LogP contribution in [0, 0.1) is 0 Å². The van der Waals surface area contributed by atoms with Crippen molar-refractivity contribution in [3.8, 4) is 17.2 Å². The number of hydrogen-bond acceptors (Lipinski definition) is 6. The second-order valence-electron chi connectivity index (χ2n) is 7.83. The summed E-state index contributed by atoms with van der Waals surface area (Å²) in [5.41, 5.74) is 1.17. The van der Waals surface area contributed by atoms with Crippen LogP contribution in [-0.2, 0) is 17.3 Å². The molecule has 2 amide bonds. The number of hydrogen-bond donors (Lipinski definition) is 2. The van der Waals surface area contributed by atoms with E-state index in [2.05, 4.69) is 15.6 Å². The molecule has 186 valence electrons. The Hall–Kier alpha value is -3.73. The van der Waals surface area contributed by atoms with Crippen LogP contribution in [0.3, 0.4) is 0 Å². The number of rotatable bonds is 7. The van der Waals surface area contributed by atoms with Crippen LogP contribution in [-0.4, -0.2) is 51.0 Å². The summed E-state index contributed by atoms with van der Waals surface area (Å²) in [5.74, 6) is 1.15. The topological polar surface area (TPSA) is 88.9 Å².